The van der Waals surface area contributed by atoms with Crippen LogP contribution in [0, 0.1) is 0 Å². The van der Waals surface area contributed by atoms with Gasteiger partial charge in [0.25, 0.3) is 5.91 Å². The molecule has 0 aromatic heterocycles. The zero-order valence-corrected chi connectivity index (χ0v) is 11.9. The van der Waals surface area contributed by atoms with Crippen molar-refractivity contribution in [1.82, 2.24) is 10.6 Å². The van der Waals surface area contributed by atoms with Gasteiger partial charge in [0.15, 0.2) is 0 Å². The van der Waals surface area contributed by atoms with Crippen LogP contribution in [0.1, 0.15) is 30.1 Å². The Bertz CT molecular complexity index is 421. The lowest BCUT2D eigenvalue weighted by molar-refractivity contribution is -0.121. The minimum atomic E-state index is -0.146. The summed E-state index contributed by atoms with van der Waals surface area (Å²) in [5, 5.41) is 5.49. The van der Waals surface area contributed by atoms with E-state index in [1.807, 2.05) is 25.1 Å². The molecule has 2 amide bonds. The summed E-state index contributed by atoms with van der Waals surface area (Å²) in [7, 11) is 0. The van der Waals surface area contributed by atoms with Crippen molar-refractivity contribution < 1.29 is 9.59 Å². The number of hydrogen-bond donors (Lipinski definition) is 2. The van der Waals surface area contributed by atoms with Crippen molar-refractivity contribution in [3.8, 4) is 0 Å². The van der Waals surface area contributed by atoms with Crippen LogP contribution in [0.5, 0.6) is 0 Å². The molecule has 0 atom stereocenters. The van der Waals surface area contributed by atoms with E-state index in [4.69, 9.17) is 0 Å². The Morgan fingerprint density at radius 2 is 1.83 bits per heavy atom. The molecule has 0 aliphatic carbocycles. The van der Waals surface area contributed by atoms with Crippen molar-refractivity contribution in [2.75, 3.05) is 13.1 Å². The number of carbonyl (C=O) groups is 2. The second kappa shape index (κ2) is 7.87. The molecular formula is C13H17BrN2O2. The van der Waals surface area contributed by atoms with E-state index in [1.54, 1.807) is 6.07 Å². The van der Waals surface area contributed by atoms with Gasteiger partial charge in [-0.1, -0.05) is 19.1 Å². The second-order valence-electron chi connectivity index (χ2n) is 3.84. The van der Waals surface area contributed by atoms with Crippen LogP contribution in [-0.2, 0) is 4.79 Å². The maximum Gasteiger partial charge on any atom is 0.252 e. The van der Waals surface area contributed by atoms with Gasteiger partial charge >= 0.3 is 0 Å². The Labute approximate surface area is 115 Å². The third kappa shape index (κ3) is 4.87. The van der Waals surface area contributed by atoms with Crippen LogP contribution in [0.2, 0.25) is 0 Å². The van der Waals surface area contributed by atoms with E-state index in [0.717, 1.165) is 10.9 Å². The summed E-state index contributed by atoms with van der Waals surface area (Å²) in [4.78, 5) is 23.0. The van der Waals surface area contributed by atoms with Gasteiger partial charge in [-0.3, -0.25) is 9.59 Å². The molecule has 1 aromatic carbocycles. The van der Waals surface area contributed by atoms with Gasteiger partial charge in [0.05, 0.1) is 5.56 Å². The zero-order chi connectivity index (χ0) is 13.4. The maximum atomic E-state index is 11.8. The van der Waals surface area contributed by atoms with Gasteiger partial charge < -0.3 is 10.6 Å². The van der Waals surface area contributed by atoms with Crippen molar-refractivity contribution >= 4 is 27.7 Å². The molecule has 1 aromatic rings. The van der Waals surface area contributed by atoms with Crippen LogP contribution in [0.3, 0.4) is 0 Å². The normalized spacial score (nSPS) is 9.89. The summed E-state index contributed by atoms with van der Waals surface area (Å²) in [6, 6.07) is 7.22. The van der Waals surface area contributed by atoms with Gasteiger partial charge in [-0.25, -0.2) is 0 Å². The van der Waals surface area contributed by atoms with Crippen molar-refractivity contribution in [2.45, 2.75) is 19.8 Å². The molecule has 0 radical (unpaired) electrons. The highest BCUT2D eigenvalue weighted by atomic mass is 79.9. The first-order valence-corrected chi connectivity index (χ1v) is 6.74. The maximum absolute atomic E-state index is 11.8. The molecule has 0 fully saturated rings. The number of benzene rings is 1. The minimum absolute atomic E-state index is 0.0210. The van der Waals surface area contributed by atoms with Crippen molar-refractivity contribution in [2.24, 2.45) is 0 Å². The number of amides is 2. The van der Waals surface area contributed by atoms with Crippen molar-refractivity contribution in [1.29, 1.82) is 0 Å². The Morgan fingerprint density at radius 3 is 2.50 bits per heavy atom. The molecule has 0 bridgehead atoms. The predicted molar refractivity (Wildman–Crippen MR) is 74.4 cm³/mol. The quantitative estimate of drug-likeness (QED) is 0.790. The van der Waals surface area contributed by atoms with Crippen LogP contribution < -0.4 is 10.6 Å². The summed E-state index contributed by atoms with van der Waals surface area (Å²) >= 11 is 3.32. The number of nitrogens with one attached hydrogen (secondary N) is 2. The highest BCUT2D eigenvalue weighted by Gasteiger charge is 2.08. The smallest absolute Gasteiger partial charge is 0.252 e. The molecule has 4 nitrogen and oxygen atoms in total. The lowest BCUT2D eigenvalue weighted by atomic mass is 10.2. The topological polar surface area (TPSA) is 58.2 Å². The van der Waals surface area contributed by atoms with Crippen LogP contribution in [0.15, 0.2) is 28.7 Å². The first kappa shape index (κ1) is 14.7. The third-order valence-corrected chi connectivity index (χ3v) is 3.02. The standard InChI is InChI=1S/C13H17BrN2O2/c1-2-5-12(17)15-8-9-16-13(18)10-6-3-4-7-11(10)14/h3-4,6-7H,2,5,8-9H2,1H3,(H,15,17)(H,16,18). The van der Waals surface area contributed by atoms with Gasteiger partial charge in [-0.2, -0.15) is 0 Å². The molecule has 1 rings (SSSR count). The first-order chi connectivity index (χ1) is 8.65. The van der Waals surface area contributed by atoms with E-state index in [2.05, 4.69) is 26.6 Å². The predicted octanol–water partition coefficient (Wildman–Crippen LogP) is 2.10. The van der Waals surface area contributed by atoms with E-state index in [9.17, 15) is 9.59 Å². The number of rotatable bonds is 6. The molecule has 0 spiro atoms. The minimum Gasteiger partial charge on any atom is -0.354 e. The van der Waals surface area contributed by atoms with E-state index in [-0.39, 0.29) is 11.8 Å². The Kier molecular flexibility index (Phi) is 6.43. The Morgan fingerprint density at radius 1 is 1.17 bits per heavy atom. The van der Waals surface area contributed by atoms with Crippen LogP contribution in [0.25, 0.3) is 0 Å². The molecule has 0 aliphatic rings. The van der Waals surface area contributed by atoms with E-state index in [1.165, 1.54) is 0 Å². The monoisotopic (exact) mass is 312 g/mol. The third-order valence-electron chi connectivity index (χ3n) is 2.33. The number of hydrogen-bond acceptors (Lipinski definition) is 2. The van der Waals surface area contributed by atoms with Gasteiger partial charge in [-0.15, -0.1) is 0 Å². The van der Waals surface area contributed by atoms with Gasteiger partial charge in [-0.05, 0) is 34.5 Å². The van der Waals surface area contributed by atoms with Gasteiger partial charge in [0, 0.05) is 24.0 Å². The number of carbonyl (C=O) groups excluding carboxylic acids is 2. The summed E-state index contributed by atoms with van der Waals surface area (Å²) in [5.41, 5.74) is 0.595. The molecule has 2 N–H and O–H groups in total. The lowest BCUT2D eigenvalue weighted by Crippen LogP contribution is -2.34. The first-order valence-electron chi connectivity index (χ1n) is 5.94. The van der Waals surface area contributed by atoms with Crippen LogP contribution >= 0.6 is 15.9 Å². The van der Waals surface area contributed by atoms with Crippen molar-refractivity contribution in [3.63, 3.8) is 0 Å². The van der Waals surface area contributed by atoms with Gasteiger partial charge in [0.1, 0.15) is 0 Å². The molecular weight excluding hydrogens is 296 g/mol. The van der Waals surface area contributed by atoms with Crippen LogP contribution in [-0.4, -0.2) is 24.9 Å². The summed E-state index contributed by atoms with van der Waals surface area (Å²) in [6.07, 6.45) is 1.35. The molecule has 18 heavy (non-hydrogen) atoms. The molecule has 0 saturated carbocycles. The molecule has 98 valence electrons. The Hall–Kier alpha value is -1.36. The van der Waals surface area contributed by atoms with Crippen LogP contribution in [0.4, 0.5) is 0 Å². The molecule has 0 heterocycles. The fourth-order valence-corrected chi connectivity index (χ4v) is 1.90. The number of halogens is 1. The average Bonchev–Trinajstić information content (AvgIpc) is 2.35. The molecule has 0 aliphatic heterocycles. The molecule has 5 heteroatoms. The largest absolute Gasteiger partial charge is 0.354 e. The highest BCUT2D eigenvalue weighted by Crippen LogP contribution is 2.15. The zero-order valence-electron chi connectivity index (χ0n) is 10.3. The lowest BCUT2D eigenvalue weighted by Gasteiger charge is -2.07. The SMILES string of the molecule is CCCC(=O)NCCNC(=O)c1ccccc1Br. The van der Waals surface area contributed by atoms with Gasteiger partial charge in [0.2, 0.25) is 5.91 Å². The van der Waals surface area contributed by atoms with E-state index < -0.39 is 0 Å². The van der Waals surface area contributed by atoms with E-state index >= 15 is 0 Å². The average molecular weight is 313 g/mol. The Balaban J connectivity index is 2.30. The summed E-state index contributed by atoms with van der Waals surface area (Å²) < 4.78 is 0.762. The van der Waals surface area contributed by atoms with Crippen molar-refractivity contribution in [3.05, 3.63) is 34.3 Å². The summed E-state index contributed by atoms with van der Waals surface area (Å²) in [5.74, 6) is -0.125. The molecule has 0 unspecified atom stereocenters. The molecule has 0 saturated heterocycles. The summed E-state index contributed by atoms with van der Waals surface area (Å²) in [6.45, 7) is 2.83. The second-order valence-corrected chi connectivity index (χ2v) is 4.69. The fraction of sp³-hybridized carbons (Fsp3) is 0.385. The highest BCUT2D eigenvalue weighted by molar-refractivity contribution is 9.10. The van der Waals surface area contributed by atoms with E-state index in [0.29, 0.717) is 25.1 Å². The fourth-order valence-electron chi connectivity index (χ4n) is 1.43.